The summed E-state index contributed by atoms with van der Waals surface area (Å²) in [6.07, 6.45) is 4.73. The molecule has 4 nitrogen and oxygen atoms in total. The maximum Gasteiger partial charge on any atom is 0.0959 e. The first-order valence-electron chi connectivity index (χ1n) is 7.28. The van der Waals surface area contributed by atoms with Gasteiger partial charge in [-0.2, -0.15) is 0 Å². The summed E-state index contributed by atoms with van der Waals surface area (Å²) < 4.78 is 1.99. The molecule has 0 saturated heterocycles. The van der Waals surface area contributed by atoms with E-state index in [9.17, 15) is 5.11 Å². The Hall–Kier alpha value is -2.20. The van der Waals surface area contributed by atoms with Crippen molar-refractivity contribution >= 4 is 11.0 Å². The van der Waals surface area contributed by atoms with Gasteiger partial charge in [0.15, 0.2) is 0 Å². The molecular weight excluding hydrogens is 262 g/mol. The summed E-state index contributed by atoms with van der Waals surface area (Å²) in [4.78, 5) is 8.73. The average molecular weight is 281 g/mol. The van der Waals surface area contributed by atoms with Crippen LogP contribution in [0.15, 0.2) is 48.9 Å². The number of para-hydroxylation sites is 2. The predicted octanol–water partition coefficient (Wildman–Crippen LogP) is 2.60. The molecule has 0 aliphatic rings. The number of pyridine rings is 1. The summed E-state index contributed by atoms with van der Waals surface area (Å²) in [6, 6.07) is 12.0. The molecule has 1 unspecified atom stereocenters. The van der Waals surface area contributed by atoms with E-state index < -0.39 is 6.10 Å². The molecule has 1 N–H and O–H groups in total. The van der Waals surface area contributed by atoms with E-state index in [-0.39, 0.29) is 0 Å². The van der Waals surface area contributed by atoms with E-state index in [1.165, 1.54) is 5.56 Å². The molecule has 0 aliphatic heterocycles. The highest BCUT2D eigenvalue weighted by atomic mass is 16.3. The van der Waals surface area contributed by atoms with Crippen LogP contribution in [0, 0.1) is 0 Å². The summed E-state index contributed by atoms with van der Waals surface area (Å²) in [7, 11) is 0. The third-order valence-electron chi connectivity index (χ3n) is 3.67. The SMILES string of the molecule is CCc1ccc(CC(O)Cn2cnc3ccccc32)nc1. The van der Waals surface area contributed by atoms with Crippen LogP contribution in [0.2, 0.25) is 0 Å². The Kier molecular flexibility index (Phi) is 3.97. The van der Waals surface area contributed by atoms with Gasteiger partial charge < -0.3 is 9.67 Å². The second kappa shape index (κ2) is 6.06. The van der Waals surface area contributed by atoms with Crippen LogP contribution in [0.25, 0.3) is 11.0 Å². The molecule has 0 amide bonds. The Morgan fingerprint density at radius 2 is 2.00 bits per heavy atom. The van der Waals surface area contributed by atoms with Gasteiger partial charge in [-0.3, -0.25) is 4.98 Å². The lowest BCUT2D eigenvalue weighted by atomic mass is 10.1. The zero-order valence-corrected chi connectivity index (χ0v) is 12.1. The Balaban J connectivity index is 1.69. The molecule has 2 heterocycles. The van der Waals surface area contributed by atoms with E-state index in [2.05, 4.69) is 23.0 Å². The number of hydrogen-bond donors (Lipinski definition) is 1. The Bertz CT molecular complexity index is 718. The molecule has 0 aliphatic carbocycles. The van der Waals surface area contributed by atoms with E-state index in [1.54, 1.807) is 6.33 Å². The Morgan fingerprint density at radius 1 is 1.14 bits per heavy atom. The fourth-order valence-electron chi connectivity index (χ4n) is 2.47. The van der Waals surface area contributed by atoms with E-state index in [0.29, 0.717) is 13.0 Å². The summed E-state index contributed by atoms with van der Waals surface area (Å²) in [5.41, 5.74) is 4.14. The molecule has 2 aromatic heterocycles. The van der Waals surface area contributed by atoms with Crippen LogP contribution in [0.1, 0.15) is 18.2 Å². The van der Waals surface area contributed by atoms with Crippen LogP contribution < -0.4 is 0 Å². The topological polar surface area (TPSA) is 50.9 Å². The van der Waals surface area contributed by atoms with Gasteiger partial charge in [-0.1, -0.05) is 25.1 Å². The second-order valence-electron chi connectivity index (χ2n) is 5.25. The number of rotatable bonds is 5. The van der Waals surface area contributed by atoms with Crippen molar-refractivity contribution in [1.82, 2.24) is 14.5 Å². The van der Waals surface area contributed by atoms with Crippen molar-refractivity contribution in [2.75, 3.05) is 0 Å². The van der Waals surface area contributed by atoms with Crippen LogP contribution in [-0.4, -0.2) is 25.7 Å². The number of hydrogen-bond acceptors (Lipinski definition) is 3. The van der Waals surface area contributed by atoms with E-state index in [1.807, 2.05) is 41.1 Å². The monoisotopic (exact) mass is 281 g/mol. The molecule has 0 spiro atoms. The quantitative estimate of drug-likeness (QED) is 0.782. The zero-order valence-electron chi connectivity index (χ0n) is 12.1. The number of aliphatic hydroxyl groups excluding tert-OH is 1. The number of aliphatic hydroxyl groups is 1. The van der Waals surface area contributed by atoms with Crippen LogP contribution in [0.3, 0.4) is 0 Å². The molecule has 0 saturated carbocycles. The van der Waals surface area contributed by atoms with Gasteiger partial charge in [0.1, 0.15) is 0 Å². The summed E-state index contributed by atoms with van der Waals surface area (Å²) in [6.45, 7) is 2.63. The van der Waals surface area contributed by atoms with Gasteiger partial charge in [0.25, 0.3) is 0 Å². The lowest BCUT2D eigenvalue weighted by molar-refractivity contribution is 0.154. The second-order valence-corrected chi connectivity index (χ2v) is 5.25. The van der Waals surface area contributed by atoms with Crippen molar-refractivity contribution in [2.24, 2.45) is 0 Å². The van der Waals surface area contributed by atoms with Crippen molar-refractivity contribution in [3.63, 3.8) is 0 Å². The third kappa shape index (κ3) is 3.11. The summed E-state index contributed by atoms with van der Waals surface area (Å²) in [5.74, 6) is 0. The molecular formula is C17H19N3O. The molecule has 1 aromatic carbocycles. The van der Waals surface area contributed by atoms with Crippen molar-refractivity contribution in [3.8, 4) is 0 Å². The van der Waals surface area contributed by atoms with Gasteiger partial charge in [0, 0.05) is 18.3 Å². The Morgan fingerprint density at radius 3 is 2.76 bits per heavy atom. The largest absolute Gasteiger partial charge is 0.391 e. The standard InChI is InChI=1S/C17H19N3O/c1-2-13-7-8-14(18-10-13)9-15(21)11-20-12-19-16-5-3-4-6-17(16)20/h3-8,10,12,15,21H,2,9,11H2,1H3. The fourth-order valence-corrected chi connectivity index (χ4v) is 2.47. The minimum Gasteiger partial charge on any atom is -0.391 e. The van der Waals surface area contributed by atoms with Gasteiger partial charge in [-0.05, 0) is 30.2 Å². The molecule has 4 heteroatoms. The third-order valence-corrected chi connectivity index (χ3v) is 3.67. The van der Waals surface area contributed by atoms with E-state index in [0.717, 1.165) is 23.1 Å². The van der Waals surface area contributed by atoms with Gasteiger partial charge in [-0.15, -0.1) is 0 Å². The molecule has 0 radical (unpaired) electrons. The maximum atomic E-state index is 10.3. The van der Waals surface area contributed by atoms with E-state index in [4.69, 9.17) is 0 Å². The zero-order chi connectivity index (χ0) is 14.7. The van der Waals surface area contributed by atoms with Gasteiger partial charge >= 0.3 is 0 Å². The lowest BCUT2D eigenvalue weighted by Crippen LogP contribution is -2.18. The highest BCUT2D eigenvalue weighted by molar-refractivity contribution is 5.74. The van der Waals surface area contributed by atoms with Crippen LogP contribution in [-0.2, 0) is 19.4 Å². The molecule has 0 bridgehead atoms. The van der Waals surface area contributed by atoms with Gasteiger partial charge in [-0.25, -0.2) is 4.98 Å². The van der Waals surface area contributed by atoms with E-state index >= 15 is 0 Å². The average Bonchev–Trinajstić information content (AvgIpc) is 2.91. The number of nitrogens with zero attached hydrogens (tertiary/aromatic N) is 3. The van der Waals surface area contributed by atoms with Crippen molar-refractivity contribution in [3.05, 3.63) is 60.2 Å². The summed E-state index contributed by atoms with van der Waals surface area (Å²) in [5, 5.41) is 10.3. The first kappa shape index (κ1) is 13.8. The molecule has 21 heavy (non-hydrogen) atoms. The first-order chi connectivity index (χ1) is 10.3. The van der Waals surface area contributed by atoms with Crippen LogP contribution in [0.4, 0.5) is 0 Å². The van der Waals surface area contributed by atoms with Crippen LogP contribution in [0.5, 0.6) is 0 Å². The predicted molar refractivity (Wildman–Crippen MR) is 83.1 cm³/mol. The molecule has 3 rings (SSSR count). The molecule has 1 atom stereocenters. The van der Waals surface area contributed by atoms with Crippen molar-refractivity contribution < 1.29 is 5.11 Å². The maximum absolute atomic E-state index is 10.3. The number of fused-ring (bicyclic) bond motifs is 1. The Labute approximate surface area is 124 Å². The smallest absolute Gasteiger partial charge is 0.0959 e. The lowest BCUT2D eigenvalue weighted by Gasteiger charge is -2.12. The van der Waals surface area contributed by atoms with Crippen molar-refractivity contribution in [1.29, 1.82) is 0 Å². The number of aromatic nitrogens is 3. The van der Waals surface area contributed by atoms with Crippen LogP contribution >= 0.6 is 0 Å². The summed E-state index contributed by atoms with van der Waals surface area (Å²) >= 11 is 0. The number of imidazole rings is 1. The minimum atomic E-state index is -0.470. The molecule has 108 valence electrons. The first-order valence-corrected chi connectivity index (χ1v) is 7.28. The number of benzene rings is 1. The minimum absolute atomic E-state index is 0.470. The van der Waals surface area contributed by atoms with Gasteiger partial charge in [0.05, 0.1) is 30.0 Å². The molecule has 3 aromatic rings. The number of aryl methyl sites for hydroxylation is 1. The normalized spacial score (nSPS) is 12.7. The van der Waals surface area contributed by atoms with Crippen molar-refractivity contribution in [2.45, 2.75) is 32.4 Å². The molecule has 0 fully saturated rings. The highest BCUT2D eigenvalue weighted by Crippen LogP contribution is 2.13. The highest BCUT2D eigenvalue weighted by Gasteiger charge is 2.10. The van der Waals surface area contributed by atoms with Gasteiger partial charge in [0.2, 0.25) is 0 Å². The fraction of sp³-hybridized carbons (Fsp3) is 0.294.